The zero-order valence-electron chi connectivity index (χ0n) is 10.6. The summed E-state index contributed by atoms with van der Waals surface area (Å²) in [5.41, 5.74) is 5.73. The summed E-state index contributed by atoms with van der Waals surface area (Å²) >= 11 is 5.71. The number of hydrogen-bond donors (Lipinski definition) is 2. The summed E-state index contributed by atoms with van der Waals surface area (Å²) in [6.07, 6.45) is 5.24. The molecule has 7 heteroatoms. The fraction of sp³-hybridized carbons (Fsp3) is 0. The van der Waals surface area contributed by atoms with Crippen LogP contribution in [-0.2, 0) is 10.0 Å². The Morgan fingerprint density at radius 2 is 2.00 bits per heavy atom. The summed E-state index contributed by atoms with van der Waals surface area (Å²) in [4.78, 5) is -0.626. The van der Waals surface area contributed by atoms with Crippen LogP contribution in [0.3, 0.4) is 0 Å². The number of benzene rings is 2. The fourth-order valence-corrected chi connectivity index (χ4v) is 3.14. The van der Waals surface area contributed by atoms with Crippen molar-refractivity contribution in [2.45, 2.75) is 4.90 Å². The highest BCUT2D eigenvalue weighted by Gasteiger charge is 2.22. The van der Waals surface area contributed by atoms with E-state index in [1.54, 1.807) is 12.1 Å². The quantitative estimate of drug-likeness (QED) is 0.673. The molecule has 0 spiro atoms. The zero-order valence-corrected chi connectivity index (χ0v) is 12.2. The smallest absolute Gasteiger partial charge is 0.264 e. The van der Waals surface area contributed by atoms with Crippen LogP contribution in [0, 0.1) is 18.2 Å². The first-order valence-electron chi connectivity index (χ1n) is 5.67. The normalized spacial score (nSPS) is 10.9. The van der Waals surface area contributed by atoms with Gasteiger partial charge in [0.25, 0.3) is 10.0 Å². The first-order valence-corrected chi connectivity index (χ1v) is 7.53. The Hall–Kier alpha value is -2.23. The van der Waals surface area contributed by atoms with Crippen molar-refractivity contribution in [3.05, 3.63) is 52.8 Å². The van der Waals surface area contributed by atoms with Crippen molar-refractivity contribution in [1.29, 1.82) is 0 Å². The van der Waals surface area contributed by atoms with Crippen molar-refractivity contribution in [3.8, 4) is 12.3 Å². The van der Waals surface area contributed by atoms with Crippen LogP contribution in [0.2, 0.25) is 5.02 Å². The van der Waals surface area contributed by atoms with Crippen molar-refractivity contribution in [1.82, 2.24) is 0 Å². The van der Waals surface area contributed by atoms with E-state index in [0.29, 0.717) is 5.56 Å². The van der Waals surface area contributed by atoms with E-state index in [1.165, 1.54) is 12.1 Å². The minimum absolute atomic E-state index is 0.0200. The van der Waals surface area contributed by atoms with E-state index >= 15 is 0 Å². The van der Waals surface area contributed by atoms with Crippen LogP contribution >= 0.6 is 11.6 Å². The predicted octanol–water partition coefficient (Wildman–Crippen LogP) is 2.84. The molecule has 2 aromatic rings. The predicted molar refractivity (Wildman–Crippen MR) is 81.0 cm³/mol. The highest BCUT2D eigenvalue weighted by molar-refractivity contribution is 7.92. The van der Waals surface area contributed by atoms with E-state index in [1.807, 2.05) is 0 Å². The molecule has 0 aromatic heterocycles. The Morgan fingerprint density at radius 3 is 2.67 bits per heavy atom. The van der Waals surface area contributed by atoms with Gasteiger partial charge in [0.1, 0.15) is 4.90 Å². The number of sulfonamides is 1. The van der Waals surface area contributed by atoms with E-state index in [9.17, 15) is 12.8 Å². The molecule has 0 saturated heterocycles. The fourth-order valence-electron chi connectivity index (χ4n) is 1.66. The molecule has 0 aliphatic carbocycles. The lowest BCUT2D eigenvalue weighted by atomic mass is 10.2. The molecule has 0 unspecified atom stereocenters. The molecule has 3 N–H and O–H groups in total. The third-order valence-electron chi connectivity index (χ3n) is 2.60. The molecule has 0 heterocycles. The lowest BCUT2D eigenvalue weighted by molar-refractivity contribution is 0.573. The minimum atomic E-state index is -4.17. The van der Waals surface area contributed by atoms with Crippen LogP contribution < -0.4 is 10.5 Å². The van der Waals surface area contributed by atoms with Gasteiger partial charge in [0, 0.05) is 10.6 Å². The van der Waals surface area contributed by atoms with E-state index in [4.69, 9.17) is 23.8 Å². The van der Waals surface area contributed by atoms with Gasteiger partial charge in [0.15, 0.2) is 5.82 Å². The van der Waals surface area contributed by atoms with Gasteiger partial charge in [-0.25, -0.2) is 12.8 Å². The summed E-state index contributed by atoms with van der Waals surface area (Å²) in [5.74, 6) is 1.32. The Morgan fingerprint density at radius 1 is 1.29 bits per heavy atom. The van der Waals surface area contributed by atoms with E-state index in [2.05, 4.69) is 10.6 Å². The first-order chi connectivity index (χ1) is 9.83. The Kier molecular flexibility index (Phi) is 4.07. The zero-order chi connectivity index (χ0) is 15.6. The number of terminal acetylenes is 1. The molecule has 21 heavy (non-hydrogen) atoms. The molecule has 2 rings (SSSR count). The molecule has 0 atom stereocenters. The molecule has 0 aliphatic heterocycles. The van der Waals surface area contributed by atoms with Gasteiger partial charge in [-0.15, -0.1) is 6.42 Å². The van der Waals surface area contributed by atoms with Crippen molar-refractivity contribution < 1.29 is 12.8 Å². The second-order valence-electron chi connectivity index (χ2n) is 4.14. The number of nitrogens with one attached hydrogen (secondary N) is 1. The van der Waals surface area contributed by atoms with Crippen LogP contribution in [0.4, 0.5) is 15.8 Å². The summed E-state index contributed by atoms with van der Waals surface area (Å²) in [6, 6.07) is 8.27. The summed E-state index contributed by atoms with van der Waals surface area (Å²) in [7, 11) is -4.17. The van der Waals surface area contributed by atoms with Gasteiger partial charge in [0.05, 0.1) is 11.4 Å². The van der Waals surface area contributed by atoms with Gasteiger partial charge >= 0.3 is 0 Å². The largest absolute Gasteiger partial charge is 0.396 e. The molecule has 108 valence electrons. The molecule has 2 aromatic carbocycles. The van der Waals surface area contributed by atoms with Gasteiger partial charge < -0.3 is 5.73 Å². The van der Waals surface area contributed by atoms with Gasteiger partial charge in [0.2, 0.25) is 0 Å². The molecular formula is C14H10ClFN2O2S. The standard InChI is InChI=1S/C14H10ClFN2O2S/c1-2-9-4-3-5-11(6-9)18-21(19,20)13-8-10(15)7-12(17)14(13)16/h1,3-8,18H,17H2. The Balaban J connectivity index is 2.46. The van der Waals surface area contributed by atoms with Gasteiger partial charge in [-0.05, 0) is 30.3 Å². The number of halogens is 2. The Bertz CT molecular complexity index is 845. The van der Waals surface area contributed by atoms with Crippen LogP contribution in [0.15, 0.2) is 41.3 Å². The van der Waals surface area contributed by atoms with Crippen molar-refractivity contribution in [2.75, 3.05) is 10.5 Å². The number of hydrogen-bond acceptors (Lipinski definition) is 3. The summed E-state index contributed by atoms with van der Waals surface area (Å²) in [5, 5.41) is 0.0200. The van der Waals surface area contributed by atoms with Crippen LogP contribution in [0.1, 0.15) is 5.56 Å². The van der Waals surface area contributed by atoms with Gasteiger partial charge in [-0.3, -0.25) is 4.72 Å². The number of anilines is 2. The van der Waals surface area contributed by atoms with Crippen molar-refractivity contribution >= 4 is 33.0 Å². The highest BCUT2D eigenvalue weighted by atomic mass is 35.5. The van der Waals surface area contributed by atoms with Crippen LogP contribution in [0.5, 0.6) is 0 Å². The number of rotatable bonds is 3. The second-order valence-corrected chi connectivity index (χ2v) is 6.23. The lowest BCUT2D eigenvalue weighted by Crippen LogP contribution is -2.15. The van der Waals surface area contributed by atoms with Gasteiger partial charge in [-0.1, -0.05) is 23.6 Å². The highest BCUT2D eigenvalue weighted by Crippen LogP contribution is 2.27. The molecule has 0 amide bonds. The maximum atomic E-state index is 13.9. The van der Waals surface area contributed by atoms with E-state index < -0.39 is 20.7 Å². The van der Waals surface area contributed by atoms with Crippen LogP contribution in [-0.4, -0.2) is 8.42 Å². The molecule has 0 aliphatic rings. The molecule has 4 nitrogen and oxygen atoms in total. The summed E-state index contributed by atoms with van der Waals surface area (Å²) < 4.78 is 40.5. The SMILES string of the molecule is C#Cc1cccc(NS(=O)(=O)c2cc(Cl)cc(N)c2F)c1. The lowest BCUT2D eigenvalue weighted by Gasteiger charge is -2.10. The van der Waals surface area contributed by atoms with E-state index in [0.717, 1.165) is 12.1 Å². The minimum Gasteiger partial charge on any atom is -0.396 e. The molecule has 0 radical (unpaired) electrons. The van der Waals surface area contributed by atoms with E-state index in [-0.39, 0.29) is 16.4 Å². The monoisotopic (exact) mass is 324 g/mol. The maximum absolute atomic E-state index is 13.9. The van der Waals surface area contributed by atoms with Crippen molar-refractivity contribution in [2.24, 2.45) is 0 Å². The molecular weight excluding hydrogens is 315 g/mol. The Labute approximate surface area is 126 Å². The molecule has 0 fully saturated rings. The molecule has 0 saturated carbocycles. The first kappa shape index (κ1) is 15.2. The van der Waals surface area contributed by atoms with Crippen LogP contribution in [0.25, 0.3) is 0 Å². The second kappa shape index (κ2) is 5.64. The third-order valence-corrected chi connectivity index (χ3v) is 4.20. The number of nitrogens with two attached hydrogens (primary N) is 1. The number of nitrogen functional groups attached to an aromatic ring is 1. The van der Waals surface area contributed by atoms with Gasteiger partial charge in [-0.2, -0.15) is 0 Å². The van der Waals surface area contributed by atoms with Crippen molar-refractivity contribution in [3.63, 3.8) is 0 Å². The summed E-state index contributed by atoms with van der Waals surface area (Å²) in [6.45, 7) is 0. The average molecular weight is 325 g/mol. The third kappa shape index (κ3) is 3.27. The average Bonchev–Trinajstić information content (AvgIpc) is 2.42. The maximum Gasteiger partial charge on any atom is 0.264 e. The molecule has 0 bridgehead atoms. The topological polar surface area (TPSA) is 72.2 Å².